The lowest BCUT2D eigenvalue weighted by atomic mass is 9.77. The molecule has 0 radical (unpaired) electrons. The molecule has 29 heavy (non-hydrogen) atoms. The highest BCUT2D eigenvalue weighted by atomic mass is 35.5. The molecule has 4 heterocycles. The predicted molar refractivity (Wildman–Crippen MR) is 106 cm³/mol. The lowest BCUT2D eigenvalue weighted by Crippen LogP contribution is -2.44. The smallest absolute Gasteiger partial charge is 0.235 e. The number of nitrogens with one attached hydrogen (secondary N) is 1. The van der Waals surface area contributed by atoms with Crippen molar-refractivity contribution in [1.82, 2.24) is 10.5 Å². The van der Waals surface area contributed by atoms with Crippen molar-refractivity contribution in [3.05, 3.63) is 57.8 Å². The Bertz CT molecular complexity index is 1050. The average molecular weight is 434 g/mol. The first-order chi connectivity index (χ1) is 13.9. The van der Waals surface area contributed by atoms with Crippen LogP contribution in [0.15, 0.2) is 40.9 Å². The number of aromatic nitrogens is 1. The summed E-state index contributed by atoms with van der Waals surface area (Å²) in [6.07, 6.45) is 3.35. The summed E-state index contributed by atoms with van der Waals surface area (Å²) in [6, 6.07) is 6.88. The molecule has 2 aromatic rings. The highest BCUT2D eigenvalue weighted by molar-refractivity contribution is 6.42. The molecule has 7 nitrogen and oxygen atoms in total. The van der Waals surface area contributed by atoms with Gasteiger partial charge in [-0.2, -0.15) is 0 Å². The number of rotatable bonds is 4. The fourth-order valence-corrected chi connectivity index (χ4v) is 4.75. The number of nitrogens with zero attached hydrogens (tertiary/aromatic N) is 2. The second kappa shape index (κ2) is 6.58. The molecule has 150 valence electrons. The number of hydrogen-bond donors (Lipinski definition) is 1. The lowest BCUT2D eigenvalue weighted by molar-refractivity contribution is -0.132. The maximum Gasteiger partial charge on any atom is 0.235 e. The van der Waals surface area contributed by atoms with Crippen LogP contribution >= 0.6 is 23.2 Å². The minimum atomic E-state index is -0.805. The molecule has 0 aliphatic carbocycles. The molecule has 2 bridgehead atoms. The third-order valence-corrected chi connectivity index (χ3v) is 6.48. The first-order valence-electron chi connectivity index (χ1n) is 9.21. The molecule has 2 fully saturated rings. The summed E-state index contributed by atoms with van der Waals surface area (Å²) in [5.41, 5.74) is 0.0136. The zero-order valence-electron chi connectivity index (χ0n) is 15.4. The molecule has 2 unspecified atom stereocenters. The Morgan fingerprint density at radius 3 is 2.90 bits per heavy atom. The van der Waals surface area contributed by atoms with E-state index in [1.165, 1.54) is 4.90 Å². The first-order valence-corrected chi connectivity index (χ1v) is 9.97. The van der Waals surface area contributed by atoms with Gasteiger partial charge in [-0.05, 0) is 24.6 Å². The minimum absolute atomic E-state index is 0.181. The zero-order valence-corrected chi connectivity index (χ0v) is 16.9. The van der Waals surface area contributed by atoms with Crippen molar-refractivity contribution in [1.29, 1.82) is 0 Å². The maximum atomic E-state index is 13.2. The second-order valence-corrected chi connectivity index (χ2v) is 8.40. The summed E-state index contributed by atoms with van der Waals surface area (Å²) in [5, 5.41) is 7.72. The molecule has 1 aromatic carbocycles. The van der Waals surface area contributed by atoms with Gasteiger partial charge in [-0.3, -0.25) is 14.5 Å². The standard InChI is InChI=1S/C20H17Cl2N3O4/c1-10-6-15(24-29-10)25-9-20-5-4-14(28-20)16(17(20)19(25)27)18(26)23-8-11-2-3-12(21)13(22)7-11/h2-7,14,16-17H,8-9H2,1H3,(H,23,26)/t14-,16?,17?,20+/m1/s1. The maximum absolute atomic E-state index is 13.2. The van der Waals surface area contributed by atoms with E-state index in [4.69, 9.17) is 32.5 Å². The van der Waals surface area contributed by atoms with Gasteiger partial charge < -0.3 is 14.6 Å². The molecule has 1 N–H and O–H groups in total. The van der Waals surface area contributed by atoms with Gasteiger partial charge >= 0.3 is 0 Å². The number of aryl methyl sites for hydroxylation is 1. The summed E-state index contributed by atoms with van der Waals surface area (Å²) in [6.45, 7) is 2.35. The van der Waals surface area contributed by atoms with E-state index >= 15 is 0 Å². The average Bonchev–Trinajstić information content (AvgIpc) is 3.43. The molecular weight excluding hydrogens is 417 g/mol. The van der Waals surface area contributed by atoms with Gasteiger partial charge in [0.15, 0.2) is 5.82 Å². The molecule has 3 aliphatic rings. The molecule has 5 rings (SSSR count). The zero-order chi connectivity index (χ0) is 20.3. The van der Waals surface area contributed by atoms with Crippen molar-refractivity contribution in [2.24, 2.45) is 11.8 Å². The number of amides is 2. The van der Waals surface area contributed by atoms with Crippen LogP contribution in [0.4, 0.5) is 5.82 Å². The van der Waals surface area contributed by atoms with Crippen LogP contribution in [0.3, 0.4) is 0 Å². The molecule has 2 saturated heterocycles. The highest BCUT2D eigenvalue weighted by Crippen LogP contribution is 2.52. The van der Waals surface area contributed by atoms with Crippen LogP contribution < -0.4 is 10.2 Å². The van der Waals surface area contributed by atoms with Gasteiger partial charge in [0.2, 0.25) is 11.8 Å². The van der Waals surface area contributed by atoms with Crippen molar-refractivity contribution in [2.45, 2.75) is 25.2 Å². The van der Waals surface area contributed by atoms with Crippen LogP contribution in [-0.2, 0) is 20.9 Å². The Kier molecular flexibility index (Phi) is 4.24. The van der Waals surface area contributed by atoms with Crippen LogP contribution in [0.1, 0.15) is 11.3 Å². The Morgan fingerprint density at radius 1 is 1.34 bits per heavy atom. The number of hydrogen-bond acceptors (Lipinski definition) is 5. The summed E-state index contributed by atoms with van der Waals surface area (Å²) >= 11 is 12.0. The number of halogens is 2. The van der Waals surface area contributed by atoms with Gasteiger partial charge in [0.05, 0.1) is 34.5 Å². The van der Waals surface area contributed by atoms with Gasteiger partial charge in [-0.1, -0.05) is 46.6 Å². The van der Waals surface area contributed by atoms with E-state index in [1.54, 1.807) is 31.2 Å². The van der Waals surface area contributed by atoms with Crippen molar-refractivity contribution in [3.8, 4) is 0 Å². The van der Waals surface area contributed by atoms with Crippen molar-refractivity contribution >= 4 is 40.8 Å². The lowest BCUT2D eigenvalue weighted by Gasteiger charge is -2.23. The van der Waals surface area contributed by atoms with Gasteiger partial charge in [0.25, 0.3) is 0 Å². The molecular formula is C20H17Cl2N3O4. The quantitative estimate of drug-likeness (QED) is 0.749. The normalized spacial score (nSPS) is 29.6. The van der Waals surface area contributed by atoms with E-state index in [0.29, 0.717) is 28.2 Å². The van der Waals surface area contributed by atoms with Gasteiger partial charge in [0, 0.05) is 12.6 Å². The van der Waals surface area contributed by atoms with Crippen LogP contribution in [0.5, 0.6) is 0 Å². The van der Waals surface area contributed by atoms with Crippen molar-refractivity contribution in [3.63, 3.8) is 0 Å². The third-order valence-electron chi connectivity index (χ3n) is 5.75. The minimum Gasteiger partial charge on any atom is -0.360 e. The van der Waals surface area contributed by atoms with Gasteiger partial charge in [-0.25, -0.2) is 0 Å². The van der Waals surface area contributed by atoms with Crippen LogP contribution in [-0.4, -0.2) is 35.2 Å². The SMILES string of the molecule is Cc1cc(N2C[C@]34C=C[C@@H](O3)C(C(=O)NCc3ccc(Cl)c(Cl)c3)C4C2=O)no1. The summed E-state index contributed by atoms with van der Waals surface area (Å²) < 4.78 is 11.2. The molecule has 2 amide bonds. The van der Waals surface area contributed by atoms with E-state index in [1.807, 2.05) is 12.2 Å². The van der Waals surface area contributed by atoms with E-state index in [-0.39, 0.29) is 18.4 Å². The number of carbonyl (C=O) groups excluding carboxylic acids is 2. The molecule has 1 spiro atoms. The van der Waals surface area contributed by atoms with E-state index in [0.717, 1.165) is 5.56 Å². The number of fused-ring (bicyclic) bond motifs is 1. The topological polar surface area (TPSA) is 84.7 Å². The van der Waals surface area contributed by atoms with E-state index in [9.17, 15) is 9.59 Å². The molecule has 4 atom stereocenters. The largest absolute Gasteiger partial charge is 0.360 e. The predicted octanol–water partition coefficient (Wildman–Crippen LogP) is 2.89. The van der Waals surface area contributed by atoms with Gasteiger partial charge in [0.1, 0.15) is 11.4 Å². The molecule has 1 aromatic heterocycles. The van der Waals surface area contributed by atoms with Crippen LogP contribution in [0.25, 0.3) is 0 Å². The Balaban J connectivity index is 1.36. The Hall–Kier alpha value is -2.35. The Labute approximate surface area is 176 Å². The van der Waals surface area contributed by atoms with E-state index in [2.05, 4.69) is 10.5 Å². The molecule has 3 aliphatic heterocycles. The highest BCUT2D eigenvalue weighted by Gasteiger charge is 2.67. The van der Waals surface area contributed by atoms with Crippen LogP contribution in [0.2, 0.25) is 10.0 Å². The number of benzene rings is 1. The fraction of sp³-hybridized carbons (Fsp3) is 0.350. The molecule has 9 heteroatoms. The summed E-state index contributed by atoms with van der Waals surface area (Å²) in [5.74, 6) is -0.564. The number of anilines is 1. The molecule has 0 saturated carbocycles. The second-order valence-electron chi connectivity index (χ2n) is 7.59. The van der Waals surface area contributed by atoms with Crippen molar-refractivity contribution in [2.75, 3.05) is 11.4 Å². The first kappa shape index (κ1) is 18.7. The van der Waals surface area contributed by atoms with Crippen molar-refractivity contribution < 1.29 is 18.8 Å². The van der Waals surface area contributed by atoms with Crippen LogP contribution in [0, 0.1) is 18.8 Å². The third kappa shape index (κ3) is 2.87. The van der Waals surface area contributed by atoms with Gasteiger partial charge in [-0.15, -0.1) is 0 Å². The number of ether oxygens (including phenoxy) is 1. The van der Waals surface area contributed by atoms with E-state index < -0.39 is 23.5 Å². The number of carbonyl (C=O) groups is 2. The fourth-order valence-electron chi connectivity index (χ4n) is 4.43. The Morgan fingerprint density at radius 2 is 2.17 bits per heavy atom. The monoisotopic (exact) mass is 433 g/mol. The summed E-state index contributed by atoms with van der Waals surface area (Å²) in [4.78, 5) is 27.7. The summed E-state index contributed by atoms with van der Waals surface area (Å²) in [7, 11) is 0.